The fourth-order valence-electron chi connectivity index (χ4n) is 0.924. The third-order valence-corrected chi connectivity index (χ3v) is 1.44. The third-order valence-electron chi connectivity index (χ3n) is 1.44. The first-order valence-electron chi connectivity index (χ1n) is 4.10. The molecule has 2 heteroatoms. The second kappa shape index (κ2) is 4.44. The SMILES string of the molecule is CC.c1cc2ccncc2cn1. The van der Waals surface area contributed by atoms with E-state index >= 15 is 0 Å². The lowest BCUT2D eigenvalue weighted by atomic mass is 10.2. The molecule has 2 rings (SSSR count). The maximum atomic E-state index is 3.97. The van der Waals surface area contributed by atoms with Crippen LogP contribution < -0.4 is 0 Å². The number of pyridine rings is 2. The van der Waals surface area contributed by atoms with Crippen molar-refractivity contribution in [2.24, 2.45) is 0 Å². The van der Waals surface area contributed by atoms with Gasteiger partial charge < -0.3 is 0 Å². The van der Waals surface area contributed by atoms with E-state index in [9.17, 15) is 0 Å². The molecular weight excluding hydrogens is 148 g/mol. The standard InChI is InChI=1S/C8H6N2.C2H6/c1-3-9-5-8-6-10-4-2-7(1)8;1-2/h1-6H;1-2H3. The second-order valence-electron chi connectivity index (χ2n) is 2.10. The molecule has 0 aromatic carbocycles. The first-order chi connectivity index (χ1) is 5.97. The molecular formula is C10H12N2. The fraction of sp³-hybridized carbons (Fsp3) is 0.200. The van der Waals surface area contributed by atoms with Crippen LogP contribution in [0.4, 0.5) is 0 Å². The smallest absolute Gasteiger partial charge is 0.0361 e. The summed E-state index contributed by atoms with van der Waals surface area (Å²) in [4.78, 5) is 7.95. The molecule has 2 heterocycles. The van der Waals surface area contributed by atoms with Gasteiger partial charge in [-0.05, 0) is 17.5 Å². The van der Waals surface area contributed by atoms with Gasteiger partial charge in [0.2, 0.25) is 0 Å². The molecule has 0 saturated heterocycles. The van der Waals surface area contributed by atoms with Crippen LogP contribution in [0.3, 0.4) is 0 Å². The molecule has 0 bridgehead atoms. The number of fused-ring (bicyclic) bond motifs is 1. The largest absolute Gasteiger partial charge is 0.264 e. The maximum absolute atomic E-state index is 3.97. The van der Waals surface area contributed by atoms with Crippen LogP contribution in [0.25, 0.3) is 10.8 Å². The quantitative estimate of drug-likeness (QED) is 0.592. The van der Waals surface area contributed by atoms with Crippen LogP contribution in [0.2, 0.25) is 0 Å². The van der Waals surface area contributed by atoms with Gasteiger partial charge in [0, 0.05) is 30.2 Å². The van der Waals surface area contributed by atoms with Crippen molar-refractivity contribution in [1.29, 1.82) is 0 Å². The topological polar surface area (TPSA) is 25.8 Å². The highest BCUT2D eigenvalue weighted by Crippen LogP contribution is 2.07. The maximum Gasteiger partial charge on any atom is 0.0361 e. The summed E-state index contributed by atoms with van der Waals surface area (Å²) in [5.41, 5.74) is 0. The molecule has 0 aliphatic carbocycles. The molecule has 0 aliphatic rings. The van der Waals surface area contributed by atoms with Crippen LogP contribution in [-0.4, -0.2) is 9.97 Å². The molecule has 0 unspecified atom stereocenters. The summed E-state index contributed by atoms with van der Waals surface area (Å²) in [5, 5.41) is 2.27. The molecule has 2 aromatic rings. The van der Waals surface area contributed by atoms with Gasteiger partial charge in [-0.15, -0.1) is 0 Å². The molecule has 0 spiro atoms. The highest BCUT2D eigenvalue weighted by Gasteiger charge is 1.87. The lowest BCUT2D eigenvalue weighted by Gasteiger charge is -1.91. The van der Waals surface area contributed by atoms with E-state index in [0.29, 0.717) is 0 Å². The second-order valence-corrected chi connectivity index (χ2v) is 2.10. The van der Waals surface area contributed by atoms with Crippen molar-refractivity contribution in [3.8, 4) is 0 Å². The summed E-state index contributed by atoms with van der Waals surface area (Å²) in [6.07, 6.45) is 7.18. The number of rotatable bonds is 0. The van der Waals surface area contributed by atoms with Crippen molar-refractivity contribution >= 4 is 10.8 Å². The minimum atomic E-state index is 1.09. The van der Waals surface area contributed by atoms with Gasteiger partial charge in [-0.2, -0.15) is 0 Å². The molecule has 2 aromatic heterocycles. The first kappa shape index (κ1) is 8.65. The lowest BCUT2D eigenvalue weighted by molar-refractivity contribution is 1.32. The zero-order chi connectivity index (χ0) is 8.81. The van der Waals surface area contributed by atoms with Crippen LogP contribution >= 0.6 is 0 Å². The van der Waals surface area contributed by atoms with Crippen LogP contribution in [0, 0.1) is 0 Å². The van der Waals surface area contributed by atoms with Gasteiger partial charge in [-0.1, -0.05) is 13.8 Å². The van der Waals surface area contributed by atoms with Crippen LogP contribution in [0.5, 0.6) is 0 Å². The van der Waals surface area contributed by atoms with E-state index in [2.05, 4.69) is 9.97 Å². The van der Waals surface area contributed by atoms with Gasteiger partial charge in [0.15, 0.2) is 0 Å². The van der Waals surface area contributed by atoms with Crippen molar-refractivity contribution in [3.63, 3.8) is 0 Å². The van der Waals surface area contributed by atoms with Crippen LogP contribution in [0.1, 0.15) is 13.8 Å². The monoisotopic (exact) mass is 160 g/mol. The Hall–Kier alpha value is -1.44. The van der Waals surface area contributed by atoms with Crippen molar-refractivity contribution in [3.05, 3.63) is 36.9 Å². The summed E-state index contributed by atoms with van der Waals surface area (Å²) in [6.45, 7) is 4.00. The first-order valence-corrected chi connectivity index (χ1v) is 4.10. The fourth-order valence-corrected chi connectivity index (χ4v) is 0.924. The molecule has 12 heavy (non-hydrogen) atoms. The summed E-state index contributed by atoms with van der Waals surface area (Å²) in [7, 11) is 0. The molecule has 2 nitrogen and oxygen atoms in total. The van der Waals surface area contributed by atoms with E-state index in [1.165, 1.54) is 5.39 Å². The Morgan fingerprint density at radius 1 is 0.833 bits per heavy atom. The number of aromatic nitrogens is 2. The molecule has 0 fully saturated rings. The molecule has 0 saturated carbocycles. The van der Waals surface area contributed by atoms with Crippen molar-refractivity contribution in [2.75, 3.05) is 0 Å². The van der Waals surface area contributed by atoms with Crippen LogP contribution in [0.15, 0.2) is 36.9 Å². The average Bonchev–Trinajstić information content (AvgIpc) is 2.21. The highest BCUT2D eigenvalue weighted by molar-refractivity contribution is 5.79. The lowest BCUT2D eigenvalue weighted by Crippen LogP contribution is -1.74. The molecule has 0 amide bonds. The summed E-state index contributed by atoms with van der Waals surface area (Å²) in [6, 6.07) is 3.94. The minimum absolute atomic E-state index is 1.09. The van der Waals surface area contributed by atoms with Gasteiger partial charge in [-0.25, -0.2) is 0 Å². The summed E-state index contributed by atoms with van der Waals surface area (Å²) in [5.74, 6) is 0. The highest BCUT2D eigenvalue weighted by atomic mass is 14.6. The Labute approximate surface area is 72.3 Å². The van der Waals surface area contributed by atoms with Gasteiger partial charge in [0.05, 0.1) is 0 Å². The van der Waals surface area contributed by atoms with Gasteiger partial charge >= 0.3 is 0 Å². The van der Waals surface area contributed by atoms with Gasteiger partial charge in [-0.3, -0.25) is 9.97 Å². The van der Waals surface area contributed by atoms with E-state index < -0.39 is 0 Å². The van der Waals surface area contributed by atoms with Gasteiger partial charge in [0.1, 0.15) is 0 Å². The Bertz CT molecular complexity index is 279. The predicted molar refractivity (Wildman–Crippen MR) is 50.9 cm³/mol. The molecule has 0 N–H and O–H groups in total. The zero-order valence-electron chi connectivity index (χ0n) is 7.36. The number of hydrogen-bond donors (Lipinski definition) is 0. The molecule has 0 atom stereocenters. The number of nitrogens with zero attached hydrogens (tertiary/aromatic N) is 2. The average molecular weight is 160 g/mol. The van der Waals surface area contributed by atoms with E-state index in [-0.39, 0.29) is 0 Å². The van der Waals surface area contributed by atoms with Crippen molar-refractivity contribution in [2.45, 2.75) is 13.8 Å². The Kier molecular flexibility index (Phi) is 3.20. The van der Waals surface area contributed by atoms with E-state index in [1.54, 1.807) is 12.4 Å². The molecule has 0 radical (unpaired) electrons. The zero-order valence-corrected chi connectivity index (χ0v) is 7.36. The van der Waals surface area contributed by atoms with Crippen molar-refractivity contribution < 1.29 is 0 Å². The Balaban J connectivity index is 0.000000336. The molecule has 62 valence electrons. The summed E-state index contributed by atoms with van der Waals surface area (Å²) >= 11 is 0. The van der Waals surface area contributed by atoms with E-state index in [0.717, 1.165) is 5.39 Å². The third kappa shape index (κ3) is 1.78. The summed E-state index contributed by atoms with van der Waals surface area (Å²) < 4.78 is 0. The predicted octanol–water partition coefficient (Wildman–Crippen LogP) is 2.66. The van der Waals surface area contributed by atoms with E-state index in [1.807, 2.05) is 38.4 Å². The number of hydrogen-bond acceptors (Lipinski definition) is 2. The Morgan fingerprint density at radius 3 is 1.75 bits per heavy atom. The van der Waals surface area contributed by atoms with Gasteiger partial charge in [0.25, 0.3) is 0 Å². The normalized spacial score (nSPS) is 8.83. The Morgan fingerprint density at radius 2 is 1.33 bits per heavy atom. The van der Waals surface area contributed by atoms with Crippen LogP contribution in [-0.2, 0) is 0 Å². The molecule has 0 aliphatic heterocycles. The minimum Gasteiger partial charge on any atom is -0.264 e. The van der Waals surface area contributed by atoms with E-state index in [4.69, 9.17) is 0 Å². The van der Waals surface area contributed by atoms with Crippen molar-refractivity contribution in [1.82, 2.24) is 9.97 Å².